The lowest BCUT2D eigenvalue weighted by atomic mass is 10.1. The number of allylic oxidation sites excluding steroid dienone is 4. The van der Waals surface area contributed by atoms with Gasteiger partial charge in [0.05, 0.1) is 31.4 Å². The molecule has 0 atom stereocenters. The van der Waals surface area contributed by atoms with Gasteiger partial charge in [-0.05, 0) is 44.9 Å². The summed E-state index contributed by atoms with van der Waals surface area (Å²) in [5.74, 6) is 1.05. The first-order valence-electron chi connectivity index (χ1n) is 9.57. The van der Waals surface area contributed by atoms with Gasteiger partial charge in [0.2, 0.25) is 0 Å². The van der Waals surface area contributed by atoms with Crippen LogP contribution in [0, 0.1) is 0 Å². The molecule has 0 aromatic carbocycles. The minimum Gasteiger partial charge on any atom is -0.494 e. The van der Waals surface area contributed by atoms with Crippen molar-refractivity contribution in [3.05, 3.63) is 48.7 Å². The zero-order chi connectivity index (χ0) is 21.3. The van der Waals surface area contributed by atoms with Crippen molar-refractivity contribution in [3.8, 4) is 0 Å². The van der Waals surface area contributed by atoms with Gasteiger partial charge in [0.1, 0.15) is 23.6 Å². The number of fused-ring (bicyclic) bond motifs is 1. The average Bonchev–Trinajstić information content (AvgIpc) is 3.13. The summed E-state index contributed by atoms with van der Waals surface area (Å²) in [5.41, 5.74) is 8.34. The molecule has 2 heterocycles. The van der Waals surface area contributed by atoms with Gasteiger partial charge in [0.15, 0.2) is 0 Å². The molecule has 0 aliphatic carbocycles. The van der Waals surface area contributed by atoms with Crippen molar-refractivity contribution in [2.45, 2.75) is 27.2 Å². The number of H-pyrrole nitrogens is 1. The average molecular weight is 420 g/mol. The van der Waals surface area contributed by atoms with Crippen LogP contribution in [0.1, 0.15) is 32.8 Å². The number of nitrogens with one attached hydrogen (secondary N) is 1. The van der Waals surface area contributed by atoms with Crippen LogP contribution in [-0.2, 0) is 18.3 Å². The quantitative estimate of drug-likeness (QED) is 0.222. The number of nitrogen functional groups attached to an aromatic ring is 1. The minimum atomic E-state index is -3.06. The van der Waals surface area contributed by atoms with Crippen molar-refractivity contribution in [1.29, 1.82) is 0 Å². The van der Waals surface area contributed by atoms with Gasteiger partial charge in [-0.1, -0.05) is 12.7 Å². The first-order chi connectivity index (χ1) is 14.0. The fraction of sp³-hybridized carbons (Fsp3) is 0.400. The molecule has 8 nitrogen and oxygen atoms in total. The molecule has 0 bridgehead atoms. The molecule has 3 N–H and O–H groups in total. The predicted molar refractivity (Wildman–Crippen MR) is 117 cm³/mol. The number of nitrogens with two attached hydrogens (primary N) is 1. The number of rotatable bonds is 12. The molecule has 2 aromatic rings. The molecule has 0 saturated carbocycles. The largest absolute Gasteiger partial charge is 0.494 e. The van der Waals surface area contributed by atoms with E-state index in [0.717, 1.165) is 16.5 Å². The number of ether oxygens (including phenoxy) is 1. The molecule has 0 spiro atoms. The van der Waals surface area contributed by atoms with Crippen LogP contribution in [0.25, 0.3) is 16.6 Å². The maximum absolute atomic E-state index is 12.5. The van der Waals surface area contributed by atoms with Gasteiger partial charge < -0.3 is 24.5 Å². The fourth-order valence-electron chi connectivity index (χ4n) is 2.83. The lowest BCUT2D eigenvalue weighted by molar-refractivity contribution is 0.204. The van der Waals surface area contributed by atoms with Gasteiger partial charge in [-0.3, -0.25) is 4.57 Å². The van der Waals surface area contributed by atoms with E-state index in [9.17, 15) is 4.57 Å². The Labute approximate surface area is 171 Å². The first kappa shape index (κ1) is 22.9. The van der Waals surface area contributed by atoms with Crippen LogP contribution in [0.5, 0.6) is 0 Å². The standard InChI is InChI=1S/C20H29N4O4P/c1-5-15(17-13-22-20-18(17)19(21)23-14-24-20)12-16(6-2)26-10-9-11-29(25,27-7-3)28-8-4/h5-6,12-14H,1,7-11H2,2-4H3,(H3,21,22,23,24)/b15-12+,16-6+. The van der Waals surface area contributed by atoms with Crippen LogP contribution in [-0.4, -0.2) is 40.9 Å². The molecule has 9 heteroatoms. The Balaban J connectivity index is 2.08. The number of aromatic amines is 1. The van der Waals surface area contributed by atoms with Gasteiger partial charge in [0, 0.05) is 11.8 Å². The van der Waals surface area contributed by atoms with Crippen molar-refractivity contribution in [1.82, 2.24) is 15.0 Å². The monoisotopic (exact) mass is 420 g/mol. The first-order valence-corrected chi connectivity index (χ1v) is 11.3. The highest BCUT2D eigenvalue weighted by Crippen LogP contribution is 2.48. The molecule has 0 radical (unpaired) electrons. The molecule has 0 aliphatic heterocycles. The Morgan fingerprint density at radius 1 is 1.31 bits per heavy atom. The second-order valence-corrected chi connectivity index (χ2v) is 8.24. The van der Waals surface area contributed by atoms with E-state index >= 15 is 0 Å². The van der Waals surface area contributed by atoms with Crippen molar-refractivity contribution < 1.29 is 18.3 Å². The summed E-state index contributed by atoms with van der Waals surface area (Å²) in [6.07, 6.45) is 9.52. The second-order valence-electron chi connectivity index (χ2n) is 6.05. The number of hydrogen-bond acceptors (Lipinski definition) is 7. The lowest BCUT2D eigenvalue weighted by Crippen LogP contribution is -2.03. The van der Waals surface area contributed by atoms with Crippen LogP contribution in [0.2, 0.25) is 0 Å². The highest BCUT2D eigenvalue weighted by Gasteiger charge is 2.22. The smallest absolute Gasteiger partial charge is 0.330 e. The third-order valence-electron chi connectivity index (χ3n) is 4.11. The summed E-state index contributed by atoms with van der Waals surface area (Å²) >= 11 is 0. The molecule has 0 fully saturated rings. The Hall–Kier alpha value is -2.41. The maximum atomic E-state index is 12.5. The Kier molecular flexibility index (Phi) is 8.64. The summed E-state index contributed by atoms with van der Waals surface area (Å²) in [4.78, 5) is 11.3. The van der Waals surface area contributed by atoms with E-state index in [1.165, 1.54) is 6.33 Å². The van der Waals surface area contributed by atoms with Crippen LogP contribution in [0.3, 0.4) is 0 Å². The van der Waals surface area contributed by atoms with Gasteiger partial charge in [-0.15, -0.1) is 0 Å². The van der Waals surface area contributed by atoms with Crippen molar-refractivity contribution in [2.24, 2.45) is 0 Å². The summed E-state index contributed by atoms with van der Waals surface area (Å²) < 4.78 is 28.9. The summed E-state index contributed by atoms with van der Waals surface area (Å²) in [6.45, 7) is 10.4. The maximum Gasteiger partial charge on any atom is 0.330 e. The predicted octanol–water partition coefficient (Wildman–Crippen LogP) is 4.69. The van der Waals surface area contributed by atoms with Gasteiger partial charge in [-0.25, -0.2) is 9.97 Å². The molecular weight excluding hydrogens is 391 g/mol. The van der Waals surface area contributed by atoms with Crippen LogP contribution < -0.4 is 5.73 Å². The van der Waals surface area contributed by atoms with Gasteiger partial charge in [0.25, 0.3) is 0 Å². The van der Waals surface area contributed by atoms with E-state index in [0.29, 0.717) is 49.6 Å². The molecule has 0 amide bonds. The van der Waals surface area contributed by atoms with E-state index in [4.69, 9.17) is 19.5 Å². The summed E-state index contributed by atoms with van der Waals surface area (Å²) in [7, 11) is -3.06. The van der Waals surface area contributed by atoms with Crippen molar-refractivity contribution >= 4 is 30.0 Å². The Bertz CT molecular complexity index is 926. The topological polar surface area (TPSA) is 112 Å². The molecule has 0 saturated heterocycles. The number of nitrogens with zero attached hydrogens (tertiary/aromatic N) is 2. The molecule has 158 valence electrons. The lowest BCUT2D eigenvalue weighted by Gasteiger charge is -2.17. The van der Waals surface area contributed by atoms with Crippen molar-refractivity contribution in [3.63, 3.8) is 0 Å². The van der Waals surface area contributed by atoms with Crippen LogP contribution in [0.4, 0.5) is 5.82 Å². The second kappa shape index (κ2) is 11.0. The Morgan fingerprint density at radius 2 is 2.03 bits per heavy atom. The minimum absolute atomic E-state index is 0.306. The zero-order valence-corrected chi connectivity index (χ0v) is 18.1. The summed E-state index contributed by atoms with van der Waals surface area (Å²) in [5, 5.41) is 0.739. The Morgan fingerprint density at radius 3 is 2.66 bits per heavy atom. The fourth-order valence-corrected chi connectivity index (χ4v) is 4.47. The molecule has 29 heavy (non-hydrogen) atoms. The zero-order valence-electron chi connectivity index (χ0n) is 17.2. The molecule has 0 unspecified atom stereocenters. The number of anilines is 1. The molecule has 0 aliphatic rings. The molecule has 2 aromatic heterocycles. The van der Waals surface area contributed by atoms with E-state index in [1.807, 2.05) is 25.3 Å². The summed E-state index contributed by atoms with van der Waals surface area (Å²) in [6, 6.07) is 0. The third kappa shape index (κ3) is 6.03. The van der Waals surface area contributed by atoms with Crippen molar-refractivity contribution in [2.75, 3.05) is 31.7 Å². The highest BCUT2D eigenvalue weighted by atomic mass is 31.2. The molecular formula is C20H29N4O4P. The van der Waals surface area contributed by atoms with Gasteiger partial charge in [-0.2, -0.15) is 0 Å². The van der Waals surface area contributed by atoms with Crippen LogP contribution in [0.15, 0.2) is 43.1 Å². The van der Waals surface area contributed by atoms with E-state index in [1.54, 1.807) is 19.9 Å². The molecule has 2 rings (SSSR count). The number of aromatic nitrogens is 3. The van der Waals surface area contributed by atoms with E-state index in [-0.39, 0.29) is 0 Å². The SMILES string of the molecule is C=C/C(=C\C(=C/C)OCCCP(=O)(OCC)OCC)c1c[nH]c2ncnc(N)c12. The normalized spacial score (nSPS) is 13.1. The van der Waals surface area contributed by atoms with E-state index in [2.05, 4.69) is 21.5 Å². The number of hydrogen-bond donors (Lipinski definition) is 2. The van der Waals surface area contributed by atoms with E-state index < -0.39 is 7.60 Å². The highest BCUT2D eigenvalue weighted by molar-refractivity contribution is 7.53. The van der Waals surface area contributed by atoms with Crippen LogP contribution >= 0.6 is 7.60 Å². The van der Waals surface area contributed by atoms with Gasteiger partial charge >= 0.3 is 7.60 Å². The third-order valence-corrected chi connectivity index (χ3v) is 6.28.